The summed E-state index contributed by atoms with van der Waals surface area (Å²) in [6.07, 6.45) is 1.53. The van der Waals surface area contributed by atoms with Gasteiger partial charge in [0.25, 0.3) is 0 Å². The molecule has 1 saturated heterocycles. The summed E-state index contributed by atoms with van der Waals surface area (Å²) >= 11 is 1.58. The Hall–Kier alpha value is -3.03. The molecule has 1 N–H and O–H groups in total. The maximum atomic E-state index is 12.6. The van der Waals surface area contributed by atoms with E-state index in [2.05, 4.69) is 24.4 Å². The Morgan fingerprint density at radius 3 is 2.64 bits per heavy atom. The Morgan fingerprint density at radius 2 is 1.94 bits per heavy atom. The van der Waals surface area contributed by atoms with Gasteiger partial charge in [0.2, 0.25) is 11.8 Å². The predicted octanol–water partition coefficient (Wildman–Crippen LogP) is 4.93. The summed E-state index contributed by atoms with van der Waals surface area (Å²) in [5, 5.41) is 6.04. The molecular weight excluding hydrogens is 432 g/mol. The molecule has 0 unspecified atom stereocenters. The lowest BCUT2D eigenvalue weighted by Gasteiger charge is -2.17. The van der Waals surface area contributed by atoms with E-state index in [-0.39, 0.29) is 18.4 Å². The highest BCUT2D eigenvalue weighted by molar-refractivity contribution is 7.09. The van der Waals surface area contributed by atoms with Crippen LogP contribution in [0.1, 0.15) is 34.5 Å². The van der Waals surface area contributed by atoms with E-state index in [1.807, 2.05) is 60.3 Å². The topological polar surface area (TPSA) is 65.5 Å². The third-order valence-electron chi connectivity index (χ3n) is 5.84. The predicted molar refractivity (Wildman–Crippen MR) is 135 cm³/mol. The van der Waals surface area contributed by atoms with Crippen molar-refractivity contribution in [3.8, 4) is 11.3 Å². The molecule has 1 aliphatic heterocycles. The summed E-state index contributed by atoms with van der Waals surface area (Å²) in [6.45, 7) is 7.75. The second-order valence-corrected chi connectivity index (χ2v) is 9.76. The van der Waals surface area contributed by atoms with Crippen LogP contribution in [0.15, 0.2) is 41.8 Å². The van der Waals surface area contributed by atoms with E-state index >= 15 is 0 Å². The third-order valence-corrected chi connectivity index (χ3v) is 6.67. The van der Waals surface area contributed by atoms with Gasteiger partial charge in [0, 0.05) is 35.3 Å². The molecule has 7 heteroatoms. The van der Waals surface area contributed by atoms with Crippen LogP contribution in [0.2, 0.25) is 0 Å². The monoisotopic (exact) mass is 462 g/mol. The third kappa shape index (κ3) is 5.49. The van der Waals surface area contributed by atoms with Gasteiger partial charge < -0.3 is 10.2 Å². The molecule has 0 saturated carbocycles. The van der Waals surface area contributed by atoms with Crippen LogP contribution in [0, 0.1) is 20.8 Å². The number of aryl methyl sites for hydroxylation is 3. The van der Waals surface area contributed by atoms with Crippen LogP contribution >= 0.6 is 11.3 Å². The molecule has 172 valence electrons. The van der Waals surface area contributed by atoms with E-state index in [1.54, 1.807) is 11.3 Å². The van der Waals surface area contributed by atoms with Crippen LogP contribution in [0.5, 0.6) is 0 Å². The number of aromatic nitrogens is 1. The number of likely N-dealkylation sites (N-methyl/N-ethyl adjacent to an activating group) is 1. The van der Waals surface area contributed by atoms with Gasteiger partial charge in [-0.2, -0.15) is 0 Å². The molecule has 2 amide bonds. The standard InChI is InChI=1S/C26H30N4O2S/c1-17-11-18(2)26(19(3)12-17)28-23(31)14-29(4)15-24-27-22(16-33-24)20-7-5-8-21(13-20)30-10-6-9-25(30)32/h5,7-8,11-13,16H,6,9-10,14-15H2,1-4H3,(H,28,31). The Morgan fingerprint density at radius 1 is 1.18 bits per heavy atom. The van der Waals surface area contributed by atoms with Crippen molar-refractivity contribution in [2.75, 3.05) is 30.4 Å². The minimum atomic E-state index is -0.0349. The summed E-state index contributed by atoms with van der Waals surface area (Å²) in [6, 6.07) is 12.2. The maximum Gasteiger partial charge on any atom is 0.238 e. The molecule has 2 heterocycles. The maximum absolute atomic E-state index is 12.6. The second-order valence-electron chi connectivity index (χ2n) is 8.82. The van der Waals surface area contributed by atoms with Gasteiger partial charge >= 0.3 is 0 Å². The van der Waals surface area contributed by atoms with Crippen molar-refractivity contribution in [2.45, 2.75) is 40.2 Å². The van der Waals surface area contributed by atoms with Crippen molar-refractivity contribution >= 4 is 34.5 Å². The van der Waals surface area contributed by atoms with Crippen molar-refractivity contribution in [3.63, 3.8) is 0 Å². The largest absolute Gasteiger partial charge is 0.324 e. The number of rotatable bonds is 7. The number of hydrogen-bond acceptors (Lipinski definition) is 5. The molecule has 0 spiro atoms. The van der Waals surface area contributed by atoms with Gasteiger partial charge in [0.05, 0.1) is 18.8 Å². The van der Waals surface area contributed by atoms with Gasteiger partial charge in [-0.25, -0.2) is 4.98 Å². The first kappa shape index (κ1) is 23.1. The average molecular weight is 463 g/mol. The number of carbonyl (C=O) groups excluding carboxylic acids is 2. The number of nitrogens with zero attached hydrogens (tertiary/aromatic N) is 3. The minimum absolute atomic E-state index is 0.0349. The molecule has 0 aliphatic carbocycles. The van der Waals surface area contributed by atoms with Crippen LogP contribution in [0.3, 0.4) is 0 Å². The van der Waals surface area contributed by atoms with Crippen molar-refractivity contribution in [1.29, 1.82) is 0 Å². The Balaban J connectivity index is 1.38. The van der Waals surface area contributed by atoms with Crippen LogP contribution in [-0.2, 0) is 16.1 Å². The van der Waals surface area contributed by atoms with E-state index in [9.17, 15) is 9.59 Å². The fourth-order valence-corrected chi connectivity index (χ4v) is 5.24. The number of benzene rings is 2. The number of amides is 2. The van der Waals surface area contributed by atoms with Crippen LogP contribution in [0.4, 0.5) is 11.4 Å². The summed E-state index contributed by atoms with van der Waals surface area (Å²) in [5.74, 6) is 0.148. The summed E-state index contributed by atoms with van der Waals surface area (Å²) in [7, 11) is 1.93. The molecular formula is C26H30N4O2S. The summed E-state index contributed by atoms with van der Waals surface area (Å²) in [4.78, 5) is 33.3. The quantitative estimate of drug-likeness (QED) is 0.541. The molecule has 1 fully saturated rings. The highest BCUT2D eigenvalue weighted by Crippen LogP contribution is 2.28. The highest BCUT2D eigenvalue weighted by atomic mass is 32.1. The molecule has 4 rings (SSSR count). The van der Waals surface area contributed by atoms with Crippen molar-refractivity contribution < 1.29 is 9.59 Å². The fourth-order valence-electron chi connectivity index (χ4n) is 4.36. The van der Waals surface area contributed by atoms with Gasteiger partial charge in [0.15, 0.2) is 0 Å². The van der Waals surface area contributed by atoms with Crippen LogP contribution in [-0.4, -0.2) is 41.8 Å². The summed E-state index contributed by atoms with van der Waals surface area (Å²) < 4.78 is 0. The first-order valence-corrected chi connectivity index (χ1v) is 12.1. The molecule has 1 aromatic heterocycles. The number of anilines is 2. The first-order valence-electron chi connectivity index (χ1n) is 11.2. The zero-order valence-electron chi connectivity index (χ0n) is 19.6. The Labute approximate surface area is 199 Å². The molecule has 0 radical (unpaired) electrons. The van der Waals surface area contributed by atoms with Crippen LogP contribution < -0.4 is 10.2 Å². The Kier molecular flexibility index (Phi) is 6.91. The van der Waals surface area contributed by atoms with Gasteiger partial charge in [-0.1, -0.05) is 29.8 Å². The van der Waals surface area contributed by atoms with E-state index in [0.717, 1.165) is 51.7 Å². The van der Waals surface area contributed by atoms with E-state index < -0.39 is 0 Å². The highest BCUT2D eigenvalue weighted by Gasteiger charge is 2.22. The molecule has 2 aromatic carbocycles. The number of hydrogen-bond donors (Lipinski definition) is 1. The number of thiazole rings is 1. The normalized spacial score (nSPS) is 13.7. The molecule has 33 heavy (non-hydrogen) atoms. The van der Waals surface area contributed by atoms with E-state index in [4.69, 9.17) is 4.98 Å². The SMILES string of the molecule is Cc1cc(C)c(NC(=O)CN(C)Cc2nc(-c3cccc(N4CCCC4=O)c3)cs2)c(C)c1. The fraction of sp³-hybridized carbons (Fsp3) is 0.346. The van der Waals surface area contributed by atoms with Gasteiger partial charge in [0.1, 0.15) is 5.01 Å². The number of carbonyl (C=O) groups is 2. The smallest absolute Gasteiger partial charge is 0.238 e. The van der Waals surface area contributed by atoms with Gasteiger partial charge in [-0.3, -0.25) is 14.5 Å². The average Bonchev–Trinajstić information content (AvgIpc) is 3.39. The van der Waals surface area contributed by atoms with Crippen molar-refractivity contribution in [3.05, 3.63) is 63.5 Å². The van der Waals surface area contributed by atoms with Crippen molar-refractivity contribution in [2.24, 2.45) is 0 Å². The van der Waals surface area contributed by atoms with E-state index in [1.165, 1.54) is 5.56 Å². The lowest BCUT2D eigenvalue weighted by Crippen LogP contribution is -2.30. The van der Waals surface area contributed by atoms with E-state index in [0.29, 0.717) is 13.0 Å². The first-order chi connectivity index (χ1) is 15.8. The van der Waals surface area contributed by atoms with Crippen LogP contribution in [0.25, 0.3) is 11.3 Å². The zero-order valence-corrected chi connectivity index (χ0v) is 20.5. The molecule has 0 atom stereocenters. The molecule has 1 aliphatic rings. The lowest BCUT2D eigenvalue weighted by atomic mass is 10.1. The number of nitrogens with one attached hydrogen (secondary N) is 1. The van der Waals surface area contributed by atoms with Gasteiger partial charge in [-0.05, 0) is 57.5 Å². The summed E-state index contributed by atoms with van der Waals surface area (Å²) in [5.41, 5.74) is 7.06. The molecule has 6 nitrogen and oxygen atoms in total. The minimum Gasteiger partial charge on any atom is -0.324 e. The molecule has 0 bridgehead atoms. The van der Waals surface area contributed by atoms with Gasteiger partial charge in [-0.15, -0.1) is 11.3 Å². The molecule has 3 aromatic rings. The Bertz CT molecular complexity index is 1160. The second kappa shape index (κ2) is 9.85. The zero-order chi connectivity index (χ0) is 23.5. The lowest BCUT2D eigenvalue weighted by molar-refractivity contribution is -0.117. The van der Waals surface area contributed by atoms with Crippen molar-refractivity contribution in [1.82, 2.24) is 9.88 Å².